The molecule has 1 saturated heterocycles. The van der Waals surface area contributed by atoms with Crippen molar-refractivity contribution >= 4 is 81.9 Å². The van der Waals surface area contributed by atoms with E-state index in [1.807, 2.05) is 22.2 Å². The van der Waals surface area contributed by atoms with Crippen LogP contribution < -0.4 is 21.3 Å². The van der Waals surface area contributed by atoms with Crippen LogP contribution in [0.1, 0.15) is 28.7 Å². The monoisotopic (exact) mass is 660 g/mol. The Hall–Kier alpha value is -3.63. The van der Waals surface area contributed by atoms with Crippen LogP contribution in [0.25, 0.3) is 0 Å². The Balaban J connectivity index is 1.45. The number of ether oxygens (including phenoxy) is 1. The van der Waals surface area contributed by atoms with E-state index >= 15 is 0 Å². The molecule has 1 fully saturated rings. The third-order valence-corrected chi connectivity index (χ3v) is 7.71. The fourth-order valence-corrected chi connectivity index (χ4v) is 5.31. The summed E-state index contributed by atoms with van der Waals surface area (Å²) in [5.74, 6) is -1.21. The highest BCUT2D eigenvalue weighted by atomic mass is 32.2. The van der Waals surface area contributed by atoms with Crippen LogP contribution in [0.4, 0.5) is 35.0 Å². The second-order valence-electron chi connectivity index (χ2n) is 9.46. The van der Waals surface area contributed by atoms with Gasteiger partial charge in [-0.05, 0) is 54.2 Å². The number of nitrogens with two attached hydrogens (primary N) is 1. The van der Waals surface area contributed by atoms with Crippen LogP contribution in [0.15, 0.2) is 75.6 Å². The third kappa shape index (κ3) is 8.95. The number of nitrogens with one attached hydrogen (secondary N) is 1. The maximum Gasteiger partial charge on any atom is 0.347 e. The molecule has 3 unspecified atom stereocenters. The zero-order valence-electron chi connectivity index (χ0n) is 23.4. The largest absolute Gasteiger partial charge is 0.383 e. The average molecular weight is 661 g/mol. The number of amides is 3. The smallest absolute Gasteiger partial charge is 0.347 e. The molecule has 0 aliphatic carbocycles. The number of rotatable bonds is 10. The van der Waals surface area contributed by atoms with Gasteiger partial charge in [0, 0.05) is 22.4 Å². The lowest BCUT2D eigenvalue weighted by atomic mass is 10.1. The number of benzene rings is 3. The number of aliphatic imine (C=N–C) groups is 3. The molecule has 15 heteroatoms. The van der Waals surface area contributed by atoms with Crippen LogP contribution in [0, 0.1) is 6.92 Å². The number of amidine groups is 2. The van der Waals surface area contributed by atoms with Crippen molar-refractivity contribution in [3.8, 4) is 0 Å². The molecule has 1 aliphatic heterocycles. The number of alkyl halides is 3. The van der Waals surface area contributed by atoms with Gasteiger partial charge in [-0.15, -0.1) is 9.24 Å². The first-order valence-corrected chi connectivity index (χ1v) is 15.3. The van der Waals surface area contributed by atoms with E-state index in [1.165, 1.54) is 35.5 Å². The van der Waals surface area contributed by atoms with Gasteiger partial charge in [-0.25, -0.2) is 28.0 Å². The summed E-state index contributed by atoms with van der Waals surface area (Å²) in [4.78, 5) is 39.5. The first-order chi connectivity index (χ1) is 21.0. The highest BCUT2D eigenvalue weighted by Gasteiger charge is 2.32. The Bertz CT molecular complexity index is 1620. The Morgan fingerprint density at radius 3 is 2.59 bits per heavy atom. The second-order valence-corrected chi connectivity index (χ2v) is 11.7. The number of urea groups is 1. The molecule has 44 heavy (non-hydrogen) atoms. The topological polar surface area (TPSA) is 122 Å². The molecule has 0 radical (unpaired) electrons. The predicted molar refractivity (Wildman–Crippen MR) is 178 cm³/mol. The number of hydrogen-bond donors (Lipinski definition) is 2. The van der Waals surface area contributed by atoms with E-state index in [0.717, 1.165) is 17.3 Å². The van der Waals surface area contributed by atoms with Crippen molar-refractivity contribution in [3.63, 3.8) is 0 Å². The molecular weight excluding hydrogens is 631 g/mol. The molecule has 3 N–H and O–H groups in total. The zero-order valence-corrected chi connectivity index (χ0v) is 26.5. The van der Waals surface area contributed by atoms with Crippen molar-refractivity contribution in [2.75, 3.05) is 22.6 Å². The van der Waals surface area contributed by atoms with Gasteiger partial charge in [0.25, 0.3) is 6.43 Å². The van der Waals surface area contributed by atoms with E-state index < -0.39 is 18.4 Å². The molecule has 0 bridgehead atoms. The summed E-state index contributed by atoms with van der Waals surface area (Å²) in [5, 5.41) is 3.51. The van der Waals surface area contributed by atoms with Gasteiger partial charge in [-0.1, -0.05) is 45.3 Å². The molecule has 0 spiro atoms. The lowest BCUT2D eigenvalue weighted by Gasteiger charge is -2.20. The normalized spacial score (nSPS) is 15.5. The summed E-state index contributed by atoms with van der Waals surface area (Å²) in [5.41, 5.74) is 9.47. The first-order valence-electron chi connectivity index (χ1n) is 13.1. The molecule has 3 atom stereocenters. The number of nitrogens with zero attached hydrogens (tertiary/aromatic N) is 4. The third-order valence-electron chi connectivity index (χ3n) is 6.12. The number of thioether (sulfide) groups is 1. The van der Waals surface area contributed by atoms with Crippen molar-refractivity contribution in [2.45, 2.75) is 25.9 Å². The van der Waals surface area contributed by atoms with E-state index in [4.69, 9.17) is 10.5 Å². The second kappa shape index (κ2) is 15.4. The molecule has 1 heterocycles. The van der Waals surface area contributed by atoms with Crippen molar-refractivity contribution in [3.05, 3.63) is 82.9 Å². The van der Waals surface area contributed by atoms with E-state index in [0.29, 0.717) is 33.5 Å². The number of aryl methyl sites for hydroxylation is 1. The highest BCUT2D eigenvalue weighted by molar-refractivity contribution is 8.15. The minimum Gasteiger partial charge on any atom is -0.383 e. The first kappa shape index (κ1) is 33.3. The van der Waals surface area contributed by atoms with Crippen LogP contribution in [-0.2, 0) is 16.1 Å². The molecule has 1 aliphatic rings. The lowest BCUT2D eigenvalue weighted by Crippen LogP contribution is -2.31. The summed E-state index contributed by atoms with van der Waals surface area (Å²) in [6, 6.07) is 15.2. The molecule has 3 aromatic rings. The average Bonchev–Trinajstić information content (AvgIpc) is 3.33. The van der Waals surface area contributed by atoms with E-state index in [-0.39, 0.29) is 41.4 Å². The molecule has 3 aromatic carbocycles. The number of carbonyl (C=O) groups excluding carboxylic acids is 2. The van der Waals surface area contributed by atoms with Crippen LogP contribution in [-0.4, -0.2) is 47.6 Å². The van der Waals surface area contributed by atoms with Crippen LogP contribution in [0.2, 0.25) is 0 Å². The zero-order chi connectivity index (χ0) is 31.8. The van der Waals surface area contributed by atoms with Crippen LogP contribution in [0.3, 0.4) is 0 Å². The van der Waals surface area contributed by atoms with Crippen LogP contribution >= 0.6 is 30.2 Å². The predicted octanol–water partition coefficient (Wildman–Crippen LogP) is 5.85. The van der Waals surface area contributed by atoms with Gasteiger partial charge in [0.15, 0.2) is 5.17 Å². The summed E-state index contributed by atoms with van der Waals surface area (Å²) >= 11 is 1.13. The quantitative estimate of drug-likeness (QED) is 0.161. The van der Waals surface area contributed by atoms with Crippen molar-refractivity contribution in [1.29, 1.82) is 0 Å². The molecule has 0 saturated carbocycles. The molecule has 3 amide bonds. The fourth-order valence-electron chi connectivity index (χ4n) is 3.97. The number of halogens is 3. The van der Waals surface area contributed by atoms with Gasteiger partial charge >= 0.3 is 6.03 Å². The van der Waals surface area contributed by atoms with Gasteiger partial charge in [-0.3, -0.25) is 9.69 Å². The molecule has 230 valence electrons. The number of anilines is 2. The summed E-state index contributed by atoms with van der Waals surface area (Å²) < 4.78 is 44.1. The Morgan fingerprint density at radius 1 is 1.16 bits per heavy atom. The summed E-state index contributed by atoms with van der Waals surface area (Å²) in [7, 11) is 4.52. The SMILES string of the molecule is Cc1ccc(COCC(F)P)c(N2C(=O)CS/C2=N\C(=O)Nc2ccc(C(N)=NC=Nc3ccc(C(F)F)cc3)cc2P)c1. The molecule has 4 rings (SSSR count). The van der Waals surface area contributed by atoms with Gasteiger partial charge in [-0.2, -0.15) is 4.99 Å². The Kier molecular flexibility index (Phi) is 11.6. The van der Waals surface area contributed by atoms with E-state index in [2.05, 4.69) is 29.5 Å². The van der Waals surface area contributed by atoms with Gasteiger partial charge < -0.3 is 15.8 Å². The summed E-state index contributed by atoms with van der Waals surface area (Å²) in [6.07, 6.45) is -1.33. The number of carbonyl (C=O) groups is 2. The molecule has 9 nitrogen and oxygen atoms in total. The van der Waals surface area contributed by atoms with Gasteiger partial charge in [0.1, 0.15) is 18.1 Å². The van der Waals surface area contributed by atoms with Gasteiger partial charge in [0.05, 0.1) is 30.3 Å². The highest BCUT2D eigenvalue weighted by Crippen LogP contribution is 2.31. The van der Waals surface area contributed by atoms with Crippen molar-refractivity contribution in [2.24, 2.45) is 20.7 Å². The maximum absolute atomic E-state index is 13.2. The van der Waals surface area contributed by atoms with Crippen molar-refractivity contribution < 1.29 is 27.5 Å². The molecule has 0 aromatic heterocycles. The Morgan fingerprint density at radius 2 is 1.91 bits per heavy atom. The minimum absolute atomic E-state index is 0.0772. The van der Waals surface area contributed by atoms with Gasteiger partial charge in [0.2, 0.25) is 5.91 Å². The fraction of sp³-hybridized carbons (Fsp3) is 0.207. The molecular formula is C29H29F3N6O3P2S. The lowest BCUT2D eigenvalue weighted by molar-refractivity contribution is -0.115. The van der Waals surface area contributed by atoms with E-state index in [1.54, 1.807) is 30.3 Å². The number of hydrogen-bond acceptors (Lipinski definition) is 5. The minimum atomic E-state index is -2.56. The van der Waals surface area contributed by atoms with E-state index in [9.17, 15) is 22.8 Å². The summed E-state index contributed by atoms with van der Waals surface area (Å²) in [6.45, 7) is 1.83. The standard InChI is InChI=1S/C29H29F3N6O3P2S/c1-16-2-3-19(12-41-13-24(30)43)22(10-16)38-25(39)14-44-29(38)37-28(40)36-21-9-6-18(11-23(21)42)27(33)35-15-34-20-7-4-17(5-8-20)26(31)32/h2-11,15,24,26H,12-14,42-43H2,1H3,(H,36,40)(H2,33,34,35)/b37-29-. The Labute approximate surface area is 261 Å². The van der Waals surface area contributed by atoms with Crippen molar-refractivity contribution in [1.82, 2.24) is 0 Å². The maximum atomic E-state index is 13.2. The van der Waals surface area contributed by atoms with Crippen LogP contribution in [0.5, 0.6) is 0 Å².